The summed E-state index contributed by atoms with van der Waals surface area (Å²) in [7, 11) is 0. The predicted molar refractivity (Wildman–Crippen MR) is 247 cm³/mol. The highest BCUT2D eigenvalue weighted by molar-refractivity contribution is 6.13. The first-order valence-corrected chi connectivity index (χ1v) is 20.6. The van der Waals surface area contributed by atoms with E-state index in [1.54, 1.807) is 0 Å². The smallest absolute Gasteiger partial charge is 0.101 e. The SMILES string of the molecule is Cc1cc(C)c(-c2ccc3c(c2)c2ccccc2n3-c2ccc3c(c2-c2cccc(C#N)c2-n2c4ccccc4c4cc(-c5c(C)cc(C)cc5C)ccc42)C3)c(C)c1. The van der Waals surface area contributed by atoms with E-state index in [-0.39, 0.29) is 0 Å². The molecule has 3 heteroatoms. The minimum atomic E-state index is 0.652. The van der Waals surface area contributed by atoms with Gasteiger partial charge in [-0.15, -0.1) is 0 Å². The first-order valence-electron chi connectivity index (χ1n) is 20.6. The van der Waals surface area contributed by atoms with Crippen molar-refractivity contribution in [2.75, 3.05) is 0 Å². The van der Waals surface area contributed by atoms with Crippen molar-refractivity contribution in [1.82, 2.24) is 9.13 Å². The van der Waals surface area contributed by atoms with Gasteiger partial charge in [0.1, 0.15) is 6.07 Å². The Morgan fingerprint density at radius 1 is 0.458 bits per heavy atom. The summed E-state index contributed by atoms with van der Waals surface area (Å²) < 4.78 is 4.82. The van der Waals surface area contributed by atoms with Gasteiger partial charge >= 0.3 is 0 Å². The quantitative estimate of drug-likeness (QED) is 0.172. The average molecular weight is 758 g/mol. The molecule has 0 N–H and O–H groups in total. The highest BCUT2D eigenvalue weighted by atomic mass is 15.0. The normalized spacial score (nSPS) is 12.2. The zero-order valence-electron chi connectivity index (χ0n) is 34.3. The Bertz CT molecular complexity index is 3440. The number of aryl methyl sites for hydroxylation is 6. The van der Waals surface area contributed by atoms with Crippen molar-refractivity contribution in [2.45, 2.75) is 48.0 Å². The molecule has 0 unspecified atom stereocenters. The summed E-state index contributed by atoms with van der Waals surface area (Å²) in [5.74, 6) is 0. The Kier molecular flexibility index (Phi) is 7.68. The highest BCUT2D eigenvalue weighted by Crippen LogP contribution is 2.48. The van der Waals surface area contributed by atoms with E-state index >= 15 is 0 Å². The van der Waals surface area contributed by atoms with Gasteiger partial charge in [0.05, 0.1) is 39.0 Å². The van der Waals surface area contributed by atoms with Gasteiger partial charge in [-0.25, -0.2) is 0 Å². The number of rotatable bonds is 5. The van der Waals surface area contributed by atoms with Gasteiger partial charge in [0.2, 0.25) is 0 Å². The van der Waals surface area contributed by atoms with Crippen LogP contribution in [0.3, 0.4) is 0 Å². The molecule has 0 bridgehead atoms. The van der Waals surface area contributed by atoms with Crippen LogP contribution in [0.1, 0.15) is 50.1 Å². The molecule has 1 aliphatic carbocycles. The number of aromatic nitrogens is 2. The average Bonchev–Trinajstić information content (AvgIpc) is 3.85. The summed E-state index contributed by atoms with van der Waals surface area (Å²) in [5, 5.41) is 15.7. The molecule has 282 valence electrons. The van der Waals surface area contributed by atoms with E-state index in [2.05, 4.69) is 190 Å². The molecule has 2 aromatic heterocycles. The Labute approximate surface area is 345 Å². The number of nitrogens with zero attached hydrogens (tertiary/aromatic N) is 3. The van der Waals surface area contributed by atoms with Gasteiger partial charge in [0, 0.05) is 32.7 Å². The third-order valence-corrected chi connectivity index (χ3v) is 12.8. The Balaban J connectivity index is 1.18. The molecule has 11 rings (SSSR count). The molecule has 0 saturated heterocycles. The number of para-hydroxylation sites is 3. The van der Waals surface area contributed by atoms with Crippen molar-refractivity contribution >= 4 is 43.6 Å². The first-order chi connectivity index (χ1) is 28.7. The zero-order chi connectivity index (χ0) is 40.3. The van der Waals surface area contributed by atoms with Crippen molar-refractivity contribution < 1.29 is 0 Å². The van der Waals surface area contributed by atoms with Gasteiger partial charge in [-0.2, -0.15) is 5.26 Å². The van der Waals surface area contributed by atoms with E-state index in [4.69, 9.17) is 0 Å². The van der Waals surface area contributed by atoms with Crippen molar-refractivity contribution in [3.63, 3.8) is 0 Å². The fraction of sp³-hybridized carbons (Fsp3) is 0.125. The lowest BCUT2D eigenvalue weighted by atomic mass is 9.93. The van der Waals surface area contributed by atoms with E-state index < -0.39 is 0 Å². The third kappa shape index (κ3) is 5.26. The third-order valence-electron chi connectivity index (χ3n) is 12.8. The van der Waals surface area contributed by atoms with Crippen molar-refractivity contribution in [3.8, 4) is 50.8 Å². The first kappa shape index (κ1) is 35.0. The van der Waals surface area contributed by atoms with Crippen LogP contribution in [-0.2, 0) is 6.42 Å². The van der Waals surface area contributed by atoms with Crippen molar-refractivity contribution in [2.24, 2.45) is 0 Å². The monoisotopic (exact) mass is 757 g/mol. The predicted octanol–water partition coefficient (Wildman–Crippen LogP) is 14.5. The van der Waals surface area contributed by atoms with E-state index in [0.717, 1.165) is 34.4 Å². The van der Waals surface area contributed by atoms with Gasteiger partial charge in [0.25, 0.3) is 0 Å². The topological polar surface area (TPSA) is 33.6 Å². The summed E-state index contributed by atoms with van der Waals surface area (Å²) in [6.07, 6.45) is 0.935. The minimum Gasteiger partial charge on any atom is -0.309 e. The van der Waals surface area contributed by atoms with Crippen LogP contribution in [-0.4, -0.2) is 9.13 Å². The largest absolute Gasteiger partial charge is 0.309 e. The van der Waals surface area contributed by atoms with Crippen LogP contribution in [0, 0.1) is 52.9 Å². The molecule has 10 aromatic rings. The standard InChI is InChI=1S/C56H43N3/c1-32-24-34(3)53(35(4)25-32)39-19-21-50-46(29-39)42-13-7-9-16-48(42)58(50)52-23-18-38-28-45(38)55(52)44-15-11-12-41(31-57)56(44)59-49-17-10-8-14-43(49)47-30-40(20-22-51(47)59)54-36(5)26-33(2)27-37(54)6/h7-27,29-30H,28H2,1-6H3. The Hall–Kier alpha value is -7.15. The van der Waals surface area contributed by atoms with Gasteiger partial charge in [-0.05, 0) is 152 Å². The molecule has 59 heavy (non-hydrogen) atoms. The van der Waals surface area contributed by atoms with Crippen LogP contribution < -0.4 is 0 Å². The van der Waals surface area contributed by atoms with Crippen LogP contribution in [0.15, 0.2) is 140 Å². The Morgan fingerprint density at radius 2 is 0.966 bits per heavy atom. The maximum atomic E-state index is 10.9. The highest BCUT2D eigenvalue weighted by Gasteiger charge is 2.30. The summed E-state index contributed by atoms with van der Waals surface area (Å²) in [5.41, 5.74) is 25.0. The van der Waals surface area contributed by atoms with Crippen LogP contribution >= 0.6 is 0 Å². The molecule has 0 atom stereocenters. The fourth-order valence-corrected chi connectivity index (χ4v) is 10.6. The molecular formula is C56H43N3. The summed E-state index contributed by atoms with van der Waals surface area (Å²) in [6, 6.07) is 54.0. The summed E-state index contributed by atoms with van der Waals surface area (Å²) >= 11 is 0. The number of nitriles is 1. The van der Waals surface area contributed by atoms with E-state index in [9.17, 15) is 5.26 Å². The minimum absolute atomic E-state index is 0.652. The molecule has 0 amide bonds. The van der Waals surface area contributed by atoms with Gasteiger partial charge in [0.15, 0.2) is 0 Å². The van der Waals surface area contributed by atoms with Gasteiger partial charge in [-0.3, -0.25) is 0 Å². The molecule has 8 aromatic carbocycles. The lowest BCUT2D eigenvalue weighted by molar-refractivity contribution is 1.15. The molecule has 0 spiro atoms. The van der Waals surface area contributed by atoms with Gasteiger partial charge < -0.3 is 9.13 Å². The number of fused-ring (bicyclic) bond motifs is 7. The van der Waals surface area contributed by atoms with Crippen molar-refractivity contribution in [1.29, 1.82) is 5.26 Å². The number of hydrogen-bond acceptors (Lipinski definition) is 1. The second-order valence-electron chi connectivity index (χ2n) is 16.8. The van der Waals surface area contributed by atoms with Crippen LogP contribution in [0.25, 0.3) is 88.4 Å². The van der Waals surface area contributed by atoms with Crippen LogP contribution in [0.5, 0.6) is 0 Å². The molecule has 3 nitrogen and oxygen atoms in total. The maximum Gasteiger partial charge on any atom is 0.101 e. The number of hydrogen-bond donors (Lipinski definition) is 0. The second-order valence-corrected chi connectivity index (χ2v) is 16.8. The van der Waals surface area contributed by atoms with Crippen LogP contribution in [0.2, 0.25) is 0 Å². The van der Waals surface area contributed by atoms with Crippen LogP contribution in [0.4, 0.5) is 0 Å². The van der Waals surface area contributed by atoms with E-state index in [1.807, 2.05) is 6.07 Å². The van der Waals surface area contributed by atoms with E-state index in [1.165, 1.54) is 105 Å². The lowest BCUT2D eigenvalue weighted by Crippen LogP contribution is -2.04. The molecule has 0 radical (unpaired) electrons. The molecule has 0 aliphatic heterocycles. The molecule has 0 saturated carbocycles. The molecular weight excluding hydrogens is 715 g/mol. The second kappa shape index (κ2) is 12.9. The molecule has 2 heterocycles. The summed E-state index contributed by atoms with van der Waals surface area (Å²) in [6.45, 7) is 13.2. The summed E-state index contributed by atoms with van der Waals surface area (Å²) in [4.78, 5) is 0. The molecule has 1 aliphatic rings. The van der Waals surface area contributed by atoms with E-state index in [0.29, 0.717) is 5.56 Å². The van der Waals surface area contributed by atoms with Crippen molar-refractivity contribution in [3.05, 3.63) is 190 Å². The number of benzene rings is 8. The Morgan fingerprint density at radius 3 is 1.53 bits per heavy atom. The van der Waals surface area contributed by atoms with Gasteiger partial charge in [-0.1, -0.05) is 102 Å². The lowest BCUT2D eigenvalue weighted by Gasteiger charge is -2.20. The fourth-order valence-electron chi connectivity index (χ4n) is 10.6. The zero-order valence-corrected chi connectivity index (χ0v) is 34.3. The maximum absolute atomic E-state index is 10.9. The molecule has 0 fully saturated rings.